The molecule has 0 aliphatic carbocycles. The lowest BCUT2D eigenvalue weighted by Crippen LogP contribution is -2.04. The van der Waals surface area contributed by atoms with Crippen molar-refractivity contribution >= 4 is 11.4 Å². The minimum absolute atomic E-state index is 0.153. The van der Waals surface area contributed by atoms with Crippen LogP contribution < -0.4 is 10.1 Å². The molecule has 17 heavy (non-hydrogen) atoms. The molecule has 94 valence electrons. The quantitative estimate of drug-likeness (QED) is 0.345. The number of methoxy groups -OCH3 is 1. The Morgan fingerprint density at radius 3 is 2.76 bits per heavy atom. The number of benzene rings is 1. The molecule has 0 aliphatic heterocycles. The van der Waals surface area contributed by atoms with Gasteiger partial charge in [-0.2, -0.15) is 0 Å². The van der Waals surface area contributed by atoms with Crippen LogP contribution in [0, 0.1) is 10.1 Å². The summed E-state index contributed by atoms with van der Waals surface area (Å²) in [7, 11) is 1.40. The summed E-state index contributed by atoms with van der Waals surface area (Å²) in [5.74, 6) is -0.0187. The normalized spacial score (nSPS) is 10.0. The van der Waals surface area contributed by atoms with Crippen molar-refractivity contribution in [3.8, 4) is 11.5 Å². The predicted octanol–water partition coefficient (Wildman–Crippen LogP) is 2.52. The lowest BCUT2D eigenvalue weighted by Gasteiger charge is -2.09. The zero-order valence-corrected chi connectivity index (χ0v) is 9.90. The molecule has 6 nitrogen and oxygen atoms in total. The number of nitro groups is 1. The molecule has 0 saturated carbocycles. The average molecular weight is 240 g/mol. The summed E-state index contributed by atoms with van der Waals surface area (Å²) in [5, 5.41) is 23.3. The van der Waals surface area contributed by atoms with Gasteiger partial charge in [0.1, 0.15) is 5.69 Å². The molecular formula is C11H16N2O4. The van der Waals surface area contributed by atoms with Crippen molar-refractivity contribution in [1.82, 2.24) is 0 Å². The van der Waals surface area contributed by atoms with Crippen molar-refractivity contribution in [3.05, 3.63) is 22.2 Å². The molecule has 0 fully saturated rings. The Morgan fingerprint density at radius 1 is 1.53 bits per heavy atom. The van der Waals surface area contributed by atoms with Crippen molar-refractivity contribution in [3.63, 3.8) is 0 Å². The number of phenols is 1. The van der Waals surface area contributed by atoms with E-state index in [1.54, 1.807) is 0 Å². The van der Waals surface area contributed by atoms with E-state index in [0.29, 0.717) is 12.2 Å². The van der Waals surface area contributed by atoms with Crippen LogP contribution in [0.2, 0.25) is 0 Å². The van der Waals surface area contributed by atoms with Crippen LogP contribution >= 0.6 is 0 Å². The number of hydrogen-bond donors (Lipinski definition) is 2. The number of nitrogens with zero attached hydrogens (tertiary/aromatic N) is 1. The third-order valence-corrected chi connectivity index (χ3v) is 2.34. The first-order valence-corrected chi connectivity index (χ1v) is 5.39. The fourth-order valence-corrected chi connectivity index (χ4v) is 1.41. The van der Waals surface area contributed by atoms with Gasteiger partial charge >= 0.3 is 0 Å². The Kier molecular flexibility index (Phi) is 4.56. The standard InChI is InChI=1S/C11H16N2O4/c1-3-4-5-12-8-6-11(17-2)10(14)7-9(8)13(15)16/h6-7,12,14H,3-5H2,1-2H3. The monoisotopic (exact) mass is 240 g/mol. The molecule has 6 heteroatoms. The zero-order valence-electron chi connectivity index (χ0n) is 9.90. The molecule has 0 aliphatic rings. The third-order valence-electron chi connectivity index (χ3n) is 2.34. The average Bonchev–Trinajstić information content (AvgIpc) is 2.30. The van der Waals surface area contributed by atoms with E-state index in [0.717, 1.165) is 18.9 Å². The van der Waals surface area contributed by atoms with E-state index < -0.39 is 4.92 Å². The number of rotatable bonds is 6. The van der Waals surface area contributed by atoms with Crippen LogP contribution in [0.25, 0.3) is 0 Å². The maximum Gasteiger partial charge on any atom is 0.296 e. The zero-order chi connectivity index (χ0) is 12.8. The minimum atomic E-state index is -0.534. The third kappa shape index (κ3) is 3.24. The molecule has 0 spiro atoms. The molecule has 0 aromatic heterocycles. The lowest BCUT2D eigenvalue weighted by molar-refractivity contribution is -0.384. The van der Waals surface area contributed by atoms with Crippen LogP contribution in [-0.4, -0.2) is 23.7 Å². The SMILES string of the molecule is CCCCNc1cc(OC)c(O)cc1[N+](=O)[O-]. The molecule has 0 saturated heterocycles. The summed E-state index contributed by atoms with van der Waals surface area (Å²) in [6.07, 6.45) is 1.91. The maximum atomic E-state index is 10.8. The van der Waals surface area contributed by atoms with E-state index in [1.807, 2.05) is 6.92 Å². The molecule has 0 heterocycles. The molecule has 1 aromatic carbocycles. The first-order valence-electron chi connectivity index (χ1n) is 5.39. The number of unbranched alkanes of at least 4 members (excludes halogenated alkanes) is 1. The highest BCUT2D eigenvalue weighted by Crippen LogP contribution is 2.36. The van der Waals surface area contributed by atoms with Gasteiger partial charge in [-0.3, -0.25) is 10.1 Å². The van der Waals surface area contributed by atoms with Gasteiger partial charge in [-0.15, -0.1) is 0 Å². The second kappa shape index (κ2) is 5.93. The van der Waals surface area contributed by atoms with E-state index in [-0.39, 0.29) is 17.2 Å². The largest absolute Gasteiger partial charge is 0.504 e. The first kappa shape index (κ1) is 13.1. The van der Waals surface area contributed by atoms with Gasteiger partial charge in [0.25, 0.3) is 5.69 Å². The summed E-state index contributed by atoms with van der Waals surface area (Å²) >= 11 is 0. The van der Waals surface area contributed by atoms with Gasteiger partial charge in [0.2, 0.25) is 0 Å². The van der Waals surface area contributed by atoms with Crippen LogP contribution in [-0.2, 0) is 0 Å². The molecule has 0 unspecified atom stereocenters. The summed E-state index contributed by atoms with van der Waals surface area (Å²) in [6.45, 7) is 2.68. The van der Waals surface area contributed by atoms with Gasteiger partial charge < -0.3 is 15.2 Å². The first-order chi connectivity index (χ1) is 8.10. The van der Waals surface area contributed by atoms with Gasteiger partial charge in [0.05, 0.1) is 18.1 Å². The topological polar surface area (TPSA) is 84.6 Å². The van der Waals surface area contributed by atoms with E-state index in [4.69, 9.17) is 4.74 Å². The Balaban J connectivity index is 3.01. The van der Waals surface area contributed by atoms with Crippen molar-refractivity contribution < 1.29 is 14.8 Å². The smallest absolute Gasteiger partial charge is 0.296 e. The molecule has 1 rings (SSSR count). The highest BCUT2D eigenvalue weighted by molar-refractivity contribution is 5.68. The highest BCUT2D eigenvalue weighted by Gasteiger charge is 2.18. The number of aromatic hydroxyl groups is 1. The van der Waals surface area contributed by atoms with Gasteiger partial charge in [-0.05, 0) is 6.42 Å². The van der Waals surface area contributed by atoms with Crippen LogP contribution in [0.15, 0.2) is 12.1 Å². The summed E-state index contributed by atoms with van der Waals surface area (Å²) in [6, 6.07) is 2.52. The number of nitrogens with one attached hydrogen (secondary N) is 1. The van der Waals surface area contributed by atoms with E-state index >= 15 is 0 Å². The van der Waals surface area contributed by atoms with Crippen LogP contribution in [0.1, 0.15) is 19.8 Å². The Hall–Kier alpha value is -1.98. The Labute approximate surface area is 99.4 Å². The van der Waals surface area contributed by atoms with Gasteiger partial charge in [-0.25, -0.2) is 0 Å². The van der Waals surface area contributed by atoms with Gasteiger partial charge in [-0.1, -0.05) is 13.3 Å². The van der Waals surface area contributed by atoms with E-state index in [9.17, 15) is 15.2 Å². The Bertz CT molecular complexity index is 407. The summed E-state index contributed by atoms with van der Waals surface area (Å²) in [5.41, 5.74) is 0.206. The van der Waals surface area contributed by atoms with Crippen LogP contribution in [0.3, 0.4) is 0 Å². The maximum absolute atomic E-state index is 10.8. The molecule has 0 amide bonds. The van der Waals surface area contributed by atoms with Crippen molar-refractivity contribution in [2.75, 3.05) is 19.0 Å². The molecule has 1 aromatic rings. The number of ether oxygens (including phenoxy) is 1. The molecule has 0 bridgehead atoms. The number of nitro benzene ring substituents is 1. The second-order valence-corrected chi connectivity index (χ2v) is 3.58. The highest BCUT2D eigenvalue weighted by atomic mass is 16.6. The van der Waals surface area contributed by atoms with Crippen LogP contribution in [0.5, 0.6) is 11.5 Å². The van der Waals surface area contributed by atoms with E-state index in [2.05, 4.69) is 5.32 Å². The van der Waals surface area contributed by atoms with Gasteiger partial charge in [0, 0.05) is 12.6 Å². The van der Waals surface area contributed by atoms with Crippen molar-refractivity contribution in [1.29, 1.82) is 0 Å². The molecule has 2 N–H and O–H groups in total. The molecule has 0 atom stereocenters. The fourth-order valence-electron chi connectivity index (χ4n) is 1.41. The predicted molar refractivity (Wildman–Crippen MR) is 64.7 cm³/mol. The fraction of sp³-hybridized carbons (Fsp3) is 0.455. The van der Waals surface area contributed by atoms with Crippen LogP contribution in [0.4, 0.5) is 11.4 Å². The minimum Gasteiger partial charge on any atom is -0.504 e. The molecular weight excluding hydrogens is 224 g/mol. The van der Waals surface area contributed by atoms with Crippen molar-refractivity contribution in [2.24, 2.45) is 0 Å². The molecule has 0 radical (unpaired) electrons. The second-order valence-electron chi connectivity index (χ2n) is 3.58. The summed E-state index contributed by atoms with van der Waals surface area (Å²) in [4.78, 5) is 10.3. The summed E-state index contributed by atoms with van der Waals surface area (Å²) < 4.78 is 4.91. The number of hydrogen-bond acceptors (Lipinski definition) is 5. The van der Waals surface area contributed by atoms with Gasteiger partial charge in [0.15, 0.2) is 11.5 Å². The van der Waals surface area contributed by atoms with Crippen molar-refractivity contribution in [2.45, 2.75) is 19.8 Å². The van der Waals surface area contributed by atoms with E-state index in [1.165, 1.54) is 13.2 Å². The number of anilines is 1. The lowest BCUT2D eigenvalue weighted by atomic mass is 10.2. The Morgan fingerprint density at radius 2 is 2.24 bits per heavy atom. The number of phenolic OH excluding ortho intramolecular Hbond substituents is 1.